The fourth-order valence-corrected chi connectivity index (χ4v) is 5.74. The zero-order valence-corrected chi connectivity index (χ0v) is 19.4. The summed E-state index contributed by atoms with van der Waals surface area (Å²) in [4.78, 5) is 50.8. The lowest BCUT2D eigenvalue weighted by atomic mass is 9.73. The molecule has 1 aromatic rings. The van der Waals surface area contributed by atoms with Crippen LogP contribution in [0.4, 0.5) is 0 Å². The molecular weight excluding hydrogens is 448 g/mol. The Morgan fingerprint density at radius 2 is 1.57 bits per heavy atom. The number of ketones is 1. The van der Waals surface area contributed by atoms with Crippen LogP contribution in [-0.4, -0.2) is 48.2 Å². The Labute approximate surface area is 204 Å². The van der Waals surface area contributed by atoms with E-state index in [1.165, 1.54) is 12.2 Å². The van der Waals surface area contributed by atoms with Gasteiger partial charge in [-0.3, -0.25) is 19.2 Å². The molecule has 8 rings (SSSR count). The largest absolute Gasteiger partial charge is 0.466 e. The van der Waals surface area contributed by atoms with Crippen LogP contribution in [0, 0.1) is 11.8 Å². The van der Waals surface area contributed by atoms with Crippen molar-refractivity contribution in [1.29, 1.82) is 0 Å². The number of allylic oxidation sites excluding steroid dienone is 2. The van der Waals surface area contributed by atoms with E-state index in [0.29, 0.717) is 57.1 Å². The summed E-state index contributed by atoms with van der Waals surface area (Å²) in [6.07, 6.45) is 10.7. The minimum atomic E-state index is -2.01. The number of benzene rings is 1. The predicted octanol–water partition coefficient (Wildman–Crippen LogP) is 3.52. The highest BCUT2D eigenvalue weighted by Gasteiger charge is 2.49. The molecule has 7 aliphatic rings. The molecule has 2 unspecified atom stereocenters. The third-order valence-electron chi connectivity index (χ3n) is 7.70. The maximum absolute atomic E-state index is 13.9. The van der Waals surface area contributed by atoms with Gasteiger partial charge in [-0.2, -0.15) is 0 Å². The highest BCUT2D eigenvalue weighted by atomic mass is 16.5. The fourth-order valence-electron chi connectivity index (χ4n) is 5.74. The topological polar surface area (TPSA) is 96.0 Å². The van der Waals surface area contributed by atoms with Gasteiger partial charge < -0.3 is 14.2 Å². The monoisotopic (exact) mass is 476 g/mol. The van der Waals surface area contributed by atoms with Gasteiger partial charge in [-0.1, -0.05) is 18.2 Å². The van der Waals surface area contributed by atoms with Gasteiger partial charge >= 0.3 is 5.97 Å². The van der Waals surface area contributed by atoms with Crippen LogP contribution in [0.3, 0.4) is 0 Å². The highest BCUT2D eigenvalue weighted by molar-refractivity contribution is 6.18. The minimum Gasteiger partial charge on any atom is -0.466 e. The molecule has 7 heteroatoms. The van der Waals surface area contributed by atoms with Gasteiger partial charge in [0.1, 0.15) is 11.9 Å². The number of hydrogen-bond acceptors (Lipinski definition) is 7. The van der Waals surface area contributed by atoms with Crippen molar-refractivity contribution < 1.29 is 33.4 Å². The smallest absolute Gasteiger partial charge is 0.309 e. The maximum Gasteiger partial charge on any atom is 0.309 e. The highest BCUT2D eigenvalue weighted by Crippen LogP contribution is 2.41. The van der Waals surface area contributed by atoms with Gasteiger partial charge in [-0.25, -0.2) is 0 Å². The third kappa shape index (κ3) is 4.61. The summed E-state index contributed by atoms with van der Waals surface area (Å²) < 4.78 is 18.2. The van der Waals surface area contributed by atoms with Crippen LogP contribution in [0.25, 0.3) is 0 Å². The van der Waals surface area contributed by atoms with E-state index in [1.807, 2.05) is 6.29 Å². The van der Waals surface area contributed by atoms with Crippen molar-refractivity contribution in [2.75, 3.05) is 0 Å². The molecule has 4 bridgehead atoms. The summed E-state index contributed by atoms with van der Waals surface area (Å²) in [5, 5.41) is 0. The fraction of sp³-hybridized carbons (Fsp3) is 0.500. The Bertz CT molecular complexity index is 1040. The second kappa shape index (κ2) is 9.90. The predicted molar refractivity (Wildman–Crippen MR) is 125 cm³/mol. The van der Waals surface area contributed by atoms with Crippen LogP contribution in [0.15, 0.2) is 53.6 Å². The molecule has 0 N–H and O–H groups in total. The van der Waals surface area contributed by atoms with Crippen LogP contribution in [-0.2, 0) is 28.7 Å². The molecule has 7 nitrogen and oxygen atoms in total. The van der Waals surface area contributed by atoms with E-state index in [4.69, 9.17) is 14.2 Å². The third-order valence-corrected chi connectivity index (χ3v) is 7.70. The summed E-state index contributed by atoms with van der Waals surface area (Å²) in [5.74, 6) is -0.700. The van der Waals surface area contributed by atoms with Crippen molar-refractivity contribution in [3.8, 4) is 5.75 Å². The quantitative estimate of drug-likeness (QED) is 0.474. The Morgan fingerprint density at radius 3 is 2.23 bits per heavy atom. The second-order valence-electron chi connectivity index (χ2n) is 9.85. The van der Waals surface area contributed by atoms with Crippen LogP contribution in [0.5, 0.6) is 5.75 Å². The van der Waals surface area contributed by atoms with Gasteiger partial charge in [0.2, 0.25) is 12.1 Å². The van der Waals surface area contributed by atoms with Crippen molar-refractivity contribution in [2.45, 2.75) is 75.3 Å². The molecular formula is C28H28O7. The Balaban J connectivity index is 1.51. The summed E-state index contributed by atoms with van der Waals surface area (Å²) in [6, 6.07) is 8.57. The van der Waals surface area contributed by atoms with Gasteiger partial charge in [0, 0.05) is 11.1 Å². The summed E-state index contributed by atoms with van der Waals surface area (Å²) in [7, 11) is 0. The SMILES string of the molecule is O=[C]C1=C(C2O[C@H]3CC[C@@H](CC3)OC(=O)[C@H]3CC[C@H]2CC3)C(=O)C([C]=O)(Oc2ccccc2)C=C1. The number of carbonyl (C=O) groups is 2. The molecule has 2 radical (unpaired) electrons. The first kappa shape index (κ1) is 23.7. The number of esters is 1. The molecule has 35 heavy (non-hydrogen) atoms. The van der Waals surface area contributed by atoms with Gasteiger partial charge in [0.25, 0.3) is 11.9 Å². The molecule has 3 aliphatic carbocycles. The Kier molecular flexibility index (Phi) is 6.69. The average Bonchev–Trinajstić information content (AvgIpc) is 2.89. The zero-order chi connectivity index (χ0) is 24.4. The van der Waals surface area contributed by atoms with Crippen molar-refractivity contribution in [3.63, 3.8) is 0 Å². The van der Waals surface area contributed by atoms with Crippen LogP contribution in [0.2, 0.25) is 0 Å². The van der Waals surface area contributed by atoms with E-state index < -0.39 is 17.5 Å². The lowest BCUT2D eigenvalue weighted by Gasteiger charge is -2.41. The number of carbonyl (C=O) groups excluding carboxylic acids is 4. The van der Waals surface area contributed by atoms with Gasteiger partial charge in [0.15, 0.2) is 0 Å². The molecule has 2 atom stereocenters. The number of rotatable bonds is 5. The summed E-state index contributed by atoms with van der Waals surface area (Å²) in [6.45, 7) is 0. The van der Waals surface area contributed by atoms with E-state index in [1.54, 1.807) is 36.6 Å². The molecule has 6 fully saturated rings. The normalized spacial score (nSPS) is 35.1. The van der Waals surface area contributed by atoms with E-state index >= 15 is 0 Å². The lowest BCUT2D eigenvalue weighted by Crippen LogP contribution is -2.51. The van der Waals surface area contributed by atoms with Crippen molar-refractivity contribution in [3.05, 3.63) is 53.6 Å². The van der Waals surface area contributed by atoms with E-state index in [0.717, 1.165) is 0 Å². The number of para-hydroxylation sites is 1. The van der Waals surface area contributed by atoms with Crippen molar-refractivity contribution in [2.24, 2.45) is 11.8 Å². The second-order valence-corrected chi connectivity index (χ2v) is 9.85. The van der Waals surface area contributed by atoms with E-state index in [2.05, 4.69) is 0 Å². The first-order chi connectivity index (χ1) is 17.0. The van der Waals surface area contributed by atoms with Crippen molar-refractivity contribution in [1.82, 2.24) is 0 Å². The average molecular weight is 477 g/mol. The summed E-state index contributed by atoms with van der Waals surface area (Å²) >= 11 is 0. The number of Topliss-reactive ketones (excluding diaryl/α,β-unsaturated/α-hetero) is 1. The maximum atomic E-state index is 13.9. The Hall–Kier alpha value is -3.06. The molecule has 4 saturated heterocycles. The van der Waals surface area contributed by atoms with Crippen LogP contribution < -0.4 is 4.74 Å². The minimum absolute atomic E-state index is 0.0739. The molecule has 2 saturated carbocycles. The molecule has 1 aromatic carbocycles. The Morgan fingerprint density at radius 1 is 0.886 bits per heavy atom. The van der Waals surface area contributed by atoms with Gasteiger partial charge in [-0.15, -0.1) is 0 Å². The van der Waals surface area contributed by atoms with Gasteiger partial charge in [0.05, 0.1) is 18.1 Å². The molecule has 0 aromatic heterocycles. The zero-order valence-electron chi connectivity index (χ0n) is 19.4. The number of ether oxygens (including phenoxy) is 3. The molecule has 182 valence electrons. The van der Waals surface area contributed by atoms with E-state index in [-0.39, 0.29) is 41.2 Å². The van der Waals surface area contributed by atoms with Crippen LogP contribution >= 0.6 is 0 Å². The molecule has 0 amide bonds. The van der Waals surface area contributed by atoms with Crippen molar-refractivity contribution >= 4 is 24.3 Å². The van der Waals surface area contributed by atoms with E-state index in [9.17, 15) is 19.2 Å². The first-order valence-corrected chi connectivity index (χ1v) is 12.4. The summed E-state index contributed by atoms with van der Waals surface area (Å²) in [5.41, 5.74) is -1.82. The molecule has 0 spiro atoms. The van der Waals surface area contributed by atoms with Crippen LogP contribution in [0.1, 0.15) is 51.4 Å². The number of hydrogen-bond donors (Lipinski definition) is 0. The van der Waals surface area contributed by atoms with Gasteiger partial charge in [-0.05, 0) is 81.6 Å². The molecule has 4 heterocycles. The molecule has 4 aliphatic heterocycles. The standard InChI is InChI=1S/C28H28O7/c29-16-20-14-15-28(17-30,35-23-4-2-1-3-5-23)26(31)24(20)25-18-6-8-19(9-7-18)27(32)34-22-12-10-21(33-25)11-13-22/h1-5,14-15,18-19,21-22,25H,6-13H2/t18-,19-,21-,22-,25?,28?. The lowest BCUT2D eigenvalue weighted by molar-refractivity contribution is -0.162. The first-order valence-electron chi connectivity index (χ1n) is 12.4.